The number of allylic oxidation sites excluding steroid dienone is 4. The van der Waals surface area contributed by atoms with Crippen LogP contribution in [0.1, 0.15) is 24.0 Å². The fourth-order valence-corrected chi connectivity index (χ4v) is 8.69. The van der Waals surface area contributed by atoms with E-state index in [0.717, 1.165) is 62.7 Å². The highest BCUT2D eigenvalue weighted by Crippen LogP contribution is 2.44. The average molecular weight is 657 g/mol. The number of fused-ring (bicyclic) bond motifs is 6. The molecule has 0 N–H and O–H groups in total. The molecule has 0 unspecified atom stereocenters. The predicted molar refractivity (Wildman–Crippen MR) is 208 cm³/mol. The lowest BCUT2D eigenvalue weighted by atomic mass is 9.89. The second-order valence-electron chi connectivity index (χ2n) is 12.7. The molecule has 0 bridgehead atoms. The molecule has 4 heteroatoms. The molecule has 3 nitrogen and oxygen atoms in total. The Kier molecular flexibility index (Phi) is 6.72. The van der Waals surface area contributed by atoms with Crippen molar-refractivity contribution in [2.75, 3.05) is 0 Å². The molecular weight excluding hydrogens is 629 g/mol. The van der Waals surface area contributed by atoms with E-state index in [2.05, 4.69) is 137 Å². The van der Waals surface area contributed by atoms with Crippen LogP contribution in [0.4, 0.5) is 0 Å². The van der Waals surface area contributed by atoms with Crippen molar-refractivity contribution in [1.82, 2.24) is 9.97 Å². The zero-order chi connectivity index (χ0) is 33.0. The third-order valence-electron chi connectivity index (χ3n) is 9.81. The van der Waals surface area contributed by atoms with Gasteiger partial charge in [-0.3, -0.25) is 0 Å². The molecule has 50 heavy (non-hydrogen) atoms. The van der Waals surface area contributed by atoms with E-state index in [0.29, 0.717) is 5.58 Å². The van der Waals surface area contributed by atoms with Gasteiger partial charge in [-0.2, -0.15) is 0 Å². The number of aromatic nitrogens is 2. The summed E-state index contributed by atoms with van der Waals surface area (Å²) in [6.07, 6.45) is 8.31. The van der Waals surface area contributed by atoms with E-state index in [-0.39, 0.29) is 0 Å². The van der Waals surface area contributed by atoms with Crippen molar-refractivity contribution < 1.29 is 4.42 Å². The first-order valence-electron chi connectivity index (χ1n) is 16.9. The first-order chi connectivity index (χ1) is 24.8. The summed E-state index contributed by atoms with van der Waals surface area (Å²) in [5.74, 6) is 0. The van der Waals surface area contributed by atoms with Gasteiger partial charge in [0, 0.05) is 26.6 Å². The number of rotatable bonds is 5. The summed E-state index contributed by atoms with van der Waals surface area (Å²) >= 11 is 1.87. The van der Waals surface area contributed by atoms with E-state index in [1.807, 2.05) is 35.6 Å². The van der Waals surface area contributed by atoms with E-state index in [1.165, 1.54) is 42.6 Å². The molecule has 0 atom stereocenters. The summed E-state index contributed by atoms with van der Waals surface area (Å²) in [6, 6.07) is 51.6. The standard InChI is InChI=1S/C46H28N2OS/c1-2-10-29(11-3-1)30-22-24-31(25-23-30)36-17-8-19-38-39-20-9-18-37(46(39)50-45(36)38)34-14-6-12-32(26-34)33-13-7-15-35(27-33)42-44-43(48-28-47-42)40-16-4-5-21-41(40)49-44/h1-8,10-19,21-22,24,26-28H,23,25H2. The quantitative estimate of drug-likeness (QED) is 0.185. The van der Waals surface area contributed by atoms with Crippen LogP contribution >= 0.6 is 11.3 Å². The minimum absolute atomic E-state index is 0.707. The number of hydrogen-bond acceptors (Lipinski definition) is 4. The van der Waals surface area contributed by atoms with Gasteiger partial charge in [0.1, 0.15) is 23.1 Å². The smallest absolute Gasteiger partial charge is 0.180 e. The van der Waals surface area contributed by atoms with Crippen molar-refractivity contribution in [2.24, 2.45) is 0 Å². The van der Waals surface area contributed by atoms with Crippen LogP contribution in [0.15, 0.2) is 150 Å². The molecule has 234 valence electrons. The summed E-state index contributed by atoms with van der Waals surface area (Å²) in [4.78, 5) is 9.22. The molecule has 3 aromatic heterocycles. The Bertz CT molecular complexity index is 2820. The first kappa shape index (κ1) is 28.7. The van der Waals surface area contributed by atoms with Gasteiger partial charge in [-0.05, 0) is 82.1 Å². The highest BCUT2D eigenvalue weighted by atomic mass is 32.1. The van der Waals surface area contributed by atoms with Gasteiger partial charge in [-0.15, -0.1) is 11.3 Å². The number of benzene rings is 5. The van der Waals surface area contributed by atoms with Crippen molar-refractivity contribution in [3.05, 3.63) is 169 Å². The maximum Gasteiger partial charge on any atom is 0.180 e. The molecule has 0 radical (unpaired) electrons. The van der Waals surface area contributed by atoms with Gasteiger partial charge in [0.05, 0.1) is 10.1 Å². The largest absolute Gasteiger partial charge is 0.452 e. The lowest BCUT2D eigenvalue weighted by Crippen LogP contribution is -1.93. The summed E-state index contributed by atoms with van der Waals surface area (Å²) in [5, 5.41) is 3.37. The third-order valence-corrected chi connectivity index (χ3v) is 11.1. The lowest BCUT2D eigenvalue weighted by molar-refractivity contribution is 0.667. The van der Waals surface area contributed by atoms with Gasteiger partial charge in [-0.1, -0.05) is 121 Å². The minimum Gasteiger partial charge on any atom is -0.452 e. The topological polar surface area (TPSA) is 38.9 Å². The molecule has 1 aliphatic rings. The number of para-hydroxylation sites is 1. The maximum absolute atomic E-state index is 6.26. The van der Waals surface area contributed by atoms with Crippen LogP contribution in [0.2, 0.25) is 0 Å². The molecule has 0 aliphatic heterocycles. The zero-order valence-electron chi connectivity index (χ0n) is 27.0. The van der Waals surface area contributed by atoms with E-state index < -0.39 is 0 Å². The molecule has 9 aromatic rings. The molecule has 1 aliphatic carbocycles. The summed E-state index contributed by atoms with van der Waals surface area (Å²) < 4.78 is 8.81. The second kappa shape index (κ2) is 11.7. The van der Waals surface area contributed by atoms with Gasteiger partial charge in [0.2, 0.25) is 0 Å². The van der Waals surface area contributed by atoms with Crippen LogP contribution in [0, 0.1) is 12.1 Å². The average Bonchev–Trinajstić information content (AvgIpc) is 3.77. The second-order valence-corrected chi connectivity index (χ2v) is 13.7. The van der Waals surface area contributed by atoms with Crippen LogP contribution in [0.25, 0.3) is 86.9 Å². The molecule has 0 fully saturated rings. The highest BCUT2D eigenvalue weighted by Gasteiger charge is 2.18. The molecular formula is C46H28N2OS. The molecule has 0 spiro atoms. The molecule has 6 aromatic carbocycles. The Hall–Kier alpha value is -6.28. The van der Waals surface area contributed by atoms with Crippen molar-refractivity contribution in [3.8, 4) is 33.5 Å². The predicted octanol–water partition coefficient (Wildman–Crippen LogP) is 12.6. The number of hydrogen-bond donors (Lipinski definition) is 0. The van der Waals surface area contributed by atoms with Crippen LogP contribution < -0.4 is 0 Å². The Labute approximate surface area is 293 Å². The monoisotopic (exact) mass is 656 g/mol. The SMILES string of the molecule is c1cc(-c2cccc(-c3cccc(-c4ncnc5c4oc4ccccc45)c3)c2)c2sc3c(C4=CC=C(c5ccccc5)CC4)cccc3c2c#1. The maximum atomic E-state index is 6.26. The summed E-state index contributed by atoms with van der Waals surface area (Å²) in [5.41, 5.74) is 14.1. The fraction of sp³-hybridized carbons (Fsp3) is 0.0435. The molecule has 0 saturated heterocycles. The number of thiophene rings is 1. The highest BCUT2D eigenvalue weighted by molar-refractivity contribution is 7.26. The van der Waals surface area contributed by atoms with Crippen LogP contribution in [0.3, 0.4) is 0 Å². The molecule has 3 heterocycles. The normalized spacial score (nSPS) is 13.1. The Morgan fingerprint density at radius 2 is 1.28 bits per heavy atom. The fourth-order valence-electron chi connectivity index (χ4n) is 7.34. The van der Waals surface area contributed by atoms with Gasteiger partial charge < -0.3 is 4.42 Å². The zero-order valence-corrected chi connectivity index (χ0v) is 27.8. The van der Waals surface area contributed by atoms with E-state index in [1.54, 1.807) is 6.33 Å². The Morgan fingerprint density at radius 1 is 0.580 bits per heavy atom. The van der Waals surface area contributed by atoms with Crippen molar-refractivity contribution in [2.45, 2.75) is 12.8 Å². The summed E-state index contributed by atoms with van der Waals surface area (Å²) in [7, 11) is 0. The van der Waals surface area contributed by atoms with Crippen LogP contribution in [-0.2, 0) is 0 Å². The van der Waals surface area contributed by atoms with E-state index in [9.17, 15) is 0 Å². The molecule has 10 rings (SSSR count). The van der Waals surface area contributed by atoms with Crippen LogP contribution in [0.5, 0.6) is 0 Å². The first-order valence-corrected chi connectivity index (χ1v) is 17.7. The van der Waals surface area contributed by atoms with Gasteiger partial charge in [0.25, 0.3) is 0 Å². The van der Waals surface area contributed by atoms with E-state index >= 15 is 0 Å². The van der Waals surface area contributed by atoms with Crippen molar-refractivity contribution in [1.29, 1.82) is 0 Å². The third kappa shape index (κ3) is 4.75. The summed E-state index contributed by atoms with van der Waals surface area (Å²) in [6.45, 7) is 0. The number of nitrogens with zero attached hydrogens (tertiary/aromatic N) is 2. The lowest BCUT2D eigenvalue weighted by Gasteiger charge is -2.16. The molecule has 0 saturated carbocycles. The van der Waals surface area contributed by atoms with Gasteiger partial charge in [-0.25, -0.2) is 9.97 Å². The molecule has 0 amide bonds. The van der Waals surface area contributed by atoms with Crippen LogP contribution in [-0.4, -0.2) is 9.97 Å². The minimum atomic E-state index is 0.707. The van der Waals surface area contributed by atoms with Crippen molar-refractivity contribution >= 4 is 64.7 Å². The Morgan fingerprint density at radius 3 is 2.14 bits per heavy atom. The van der Waals surface area contributed by atoms with Gasteiger partial charge in [0.15, 0.2) is 5.58 Å². The van der Waals surface area contributed by atoms with E-state index in [4.69, 9.17) is 4.42 Å². The number of furan rings is 1. The van der Waals surface area contributed by atoms with Gasteiger partial charge >= 0.3 is 0 Å². The Balaban J connectivity index is 1.04. The van der Waals surface area contributed by atoms with Crippen molar-refractivity contribution in [3.63, 3.8) is 0 Å².